The van der Waals surface area contributed by atoms with Gasteiger partial charge in [0.15, 0.2) is 17.0 Å². The Kier molecular flexibility index (Phi) is 4.77. The first-order valence-electron chi connectivity index (χ1n) is 7.80. The first-order valence-corrected chi connectivity index (χ1v) is 9.86. The average Bonchev–Trinajstić information content (AvgIpc) is 3.18. The smallest absolute Gasteiger partial charge is 0.260 e. The molecule has 0 aliphatic carbocycles. The summed E-state index contributed by atoms with van der Waals surface area (Å²) in [6.07, 6.45) is 1.83. The molecule has 2 heterocycles. The number of carbonyl (C=O) groups excluding carboxylic acids is 1. The van der Waals surface area contributed by atoms with Crippen LogP contribution in [-0.4, -0.2) is 18.2 Å². The number of anilines is 1. The van der Waals surface area contributed by atoms with Crippen LogP contribution in [0.15, 0.2) is 39.7 Å². The number of thioether (sulfide) groups is 1. The minimum atomic E-state index is -0.265. The Bertz CT molecular complexity index is 935. The number of carbonyl (C=O) groups is 1. The van der Waals surface area contributed by atoms with E-state index in [1.807, 2.05) is 43.3 Å². The number of hydrogen-bond donors (Lipinski definition) is 2. The molecule has 2 aliphatic rings. The van der Waals surface area contributed by atoms with Crippen LogP contribution in [0.25, 0.3) is 6.08 Å². The fourth-order valence-corrected chi connectivity index (χ4v) is 4.22. The molecule has 0 aromatic heterocycles. The lowest BCUT2D eigenvalue weighted by Crippen LogP contribution is -2.31. The summed E-state index contributed by atoms with van der Waals surface area (Å²) >= 11 is 11.0. The van der Waals surface area contributed by atoms with Gasteiger partial charge in [0.2, 0.25) is 6.79 Å². The molecule has 0 saturated carbocycles. The number of aryl methyl sites for hydroxylation is 1. The molecule has 2 N–H and O–H groups in total. The van der Waals surface area contributed by atoms with E-state index in [0.717, 1.165) is 21.3 Å². The fourth-order valence-electron chi connectivity index (χ4n) is 2.64. The van der Waals surface area contributed by atoms with Crippen molar-refractivity contribution < 1.29 is 14.3 Å². The highest BCUT2D eigenvalue weighted by atomic mass is 79.9. The van der Waals surface area contributed by atoms with Crippen molar-refractivity contribution >= 4 is 57.0 Å². The van der Waals surface area contributed by atoms with Crippen molar-refractivity contribution in [1.82, 2.24) is 5.32 Å². The van der Waals surface area contributed by atoms with Crippen LogP contribution in [0.5, 0.6) is 11.5 Å². The van der Waals surface area contributed by atoms with Crippen molar-refractivity contribution in [2.24, 2.45) is 0 Å². The van der Waals surface area contributed by atoms with Crippen LogP contribution in [-0.2, 0) is 4.79 Å². The van der Waals surface area contributed by atoms with Crippen molar-refractivity contribution in [3.05, 3.63) is 55.9 Å². The maximum atomic E-state index is 12.3. The number of fused-ring (bicyclic) bond motifs is 1. The molecular weight excluding hydrogens is 440 g/mol. The predicted molar refractivity (Wildman–Crippen MR) is 108 cm³/mol. The Morgan fingerprint density at radius 2 is 2.08 bits per heavy atom. The van der Waals surface area contributed by atoms with E-state index in [1.165, 1.54) is 11.8 Å². The monoisotopic (exact) mass is 452 g/mol. The second-order valence-electron chi connectivity index (χ2n) is 5.81. The third-order valence-electron chi connectivity index (χ3n) is 4.00. The minimum absolute atomic E-state index is 0.128. The van der Waals surface area contributed by atoms with Crippen LogP contribution >= 0.6 is 39.3 Å². The summed E-state index contributed by atoms with van der Waals surface area (Å²) in [7, 11) is 0. The van der Waals surface area contributed by atoms with E-state index in [1.54, 1.807) is 0 Å². The van der Waals surface area contributed by atoms with Gasteiger partial charge in [-0.05, 0) is 48.4 Å². The van der Waals surface area contributed by atoms with Gasteiger partial charge >= 0.3 is 0 Å². The largest absolute Gasteiger partial charge is 0.454 e. The van der Waals surface area contributed by atoms with Gasteiger partial charge in [0.1, 0.15) is 0 Å². The van der Waals surface area contributed by atoms with E-state index >= 15 is 0 Å². The van der Waals surface area contributed by atoms with E-state index < -0.39 is 0 Å². The topological polar surface area (TPSA) is 59.6 Å². The molecule has 2 aromatic rings. The fraction of sp³-hybridized carbons (Fsp3) is 0.167. The van der Waals surface area contributed by atoms with Gasteiger partial charge in [0, 0.05) is 15.2 Å². The molecule has 26 heavy (non-hydrogen) atoms. The first-order chi connectivity index (χ1) is 12.5. The molecule has 1 unspecified atom stereocenters. The van der Waals surface area contributed by atoms with Crippen LogP contribution in [0.4, 0.5) is 5.69 Å². The number of hydrogen-bond acceptors (Lipinski definition) is 5. The summed E-state index contributed by atoms with van der Waals surface area (Å²) < 4.78 is 11.6. The normalized spacial score (nSPS) is 19.7. The van der Waals surface area contributed by atoms with Crippen LogP contribution in [0, 0.1) is 6.92 Å². The van der Waals surface area contributed by atoms with Gasteiger partial charge in [0.25, 0.3) is 5.91 Å². The molecule has 5 nitrogen and oxygen atoms in total. The highest BCUT2D eigenvalue weighted by Gasteiger charge is 2.28. The SMILES string of the molecule is Cc1ccc(Cl)cc1NC1NC(=O)/C(=C/c2cc3c(cc2Br)OCO3)S1. The molecule has 1 amide bonds. The molecule has 2 aromatic carbocycles. The van der Waals surface area contributed by atoms with E-state index in [-0.39, 0.29) is 18.2 Å². The number of nitrogens with one attached hydrogen (secondary N) is 2. The van der Waals surface area contributed by atoms with Crippen LogP contribution in [0.1, 0.15) is 11.1 Å². The van der Waals surface area contributed by atoms with E-state index in [4.69, 9.17) is 21.1 Å². The van der Waals surface area contributed by atoms with E-state index in [0.29, 0.717) is 21.4 Å². The van der Waals surface area contributed by atoms with Gasteiger partial charge in [-0.25, -0.2) is 0 Å². The van der Waals surface area contributed by atoms with Crippen LogP contribution < -0.4 is 20.1 Å². The summed E-state index contributed by atoms with van der Waals surface area (Å²) in [5.74, 6) is 1.24. The minimum Gasteiger partial charge on any atom is -0.454 e. The van der Waals surface area contributed by atoms with E-state index in [2.05, 4.69) is 26.6 Å². The second-order valence-corrected chi connectivity index (χ2v) is 8.25. The summed E-state index contributed by atoms with van der Waals surface area (Å²) in [6.45, 7) is 2.20. The zero-order valence-corrected chi connectivity index (χ0v) is 16.8. The van der Waals surface area contributed by atoms with Gasteiger partial charge in [-0.15, -0.1) is 0 Å². The number of halogens is 2. The predicted octanol–water partition coefficient (Wildman–Crippen LogP) is 4.74. The maximum absolute atomic E-state index is 12.3. The van der Waals surface area contributed by atoms with Gasteiger partial charge in [-0.2, -0.15) is 0 Å². The molecule has 1 fully saturated rings. The Labute approximate surface area is 168 Å². The lowest BCUT2D eigenvalue weighted by atomic mass is 10.2. The number of amides is 1. The lowest BCUT2D eigenvalue weighted by Gasteiger charge is -2.15. The van der Waals surface area contributed by atoms with Crippen molar-refractivity contribution in [2.75, 3.05) is 12.1 Å². The number of ether oxygens (including phenoxy) is 2. The molecular formula is C18H14BrClN2O3S. The molecule has 0 bridgehead atoms. The number of rotatable bonds is 3. The molecule has 134 valence electrons. The highest BCUT2D eigenvalue weighted by molar-refractivity contribution is 9.10. The quantitative estimate of drug-likeness (QED) is 0.658. The lowest BCUT2D eigenvalue weighted by molar-refractivity contribution is -0.116. The zero-order chi connectivity index (χ0) is 18.3. The summed E-state index contributed by atoms with van der Waals surface area (Å²) in [5.41, 5.74) is 2.53. The Balaban J connectivity index is 1.55. The van der Waals surface area contributed by atoms with Crippen molar-refractivity contribution in [2.45, 2.75) is 12.4 Å². The third kappa shape index (κ3) is 3.51. The third-order valence-corrected chi connectivity index (χ3v) is 5.95. The van der Waals surface area contributed by atoms with Gasteiger partial charge in [0.05, 0.1) is 4.91 Å². The zero-order valence-electron chi connectivity index (χ0n) is 13.6. The molecule has 1 saturated heterocycles. The van der Waals surface area contributed by atoms with Crippen LogP contribution in [0.3, 0.4) is 0 Å². The molecule has 0 spiro atoms. The molecule has 8 heteroatoms. The van der Waals surface area contributed by atoms with Gasteiger partial charge < -0.3 is 20.1 Å². The Morgan fingerprint density at radius 1 is 1.31 bits per heavy atom. The highest BCUT2D eigenvalue weighted by Crippen LogP contribution is 2.39. The Morgan fingerprint density at radius 3 is 2.88 bits per heavy atom. The molecule has 4 rings (SSSR count). The maximum Gasteiger partial charge on any atom is 0.260 e. The summed E-state index contributed by atoms with van der Waals surface area (Å²) in [5, 5.41) is 6.87. The van der Waals surface area contributed by atoms with Crippen LogP contribution in [0.2, 0.25) is 5.02 Å². The first kappa shape index (κ1) is 17.6. The standard InChI is InChI=1S/C18H14BrClN2O3S/c1-9-2-3-11(20)6-13(9)21-18-22-17(23)16(26-18)5-10-4-14-15(7-12(10)19)25-8-24-14/h2-7,18,21H,8H2,1H3,(H,22,23)/b16-5-. The summed E-state index contributed by atoms with van der Waals surface area (Å²) in [4.78, 5) is 13.0. The molecule has 0 radical (unpaired) electrons. The summed E-state index contributed by atoms with van der Waals surface area (Å²) in [6, 6.07) is 9.32. The second kappa shape index (κ2) is 7.06. The van der Waals surface area contributed by atoms with E-state index in [9.17, 15) is 4.79 Å². The van der Waals surface area contributed by atoms with Crippen molar-refractivity contribution in [3.8, 4) is 11.5 Å². The average molecular weight is 454 g/mol. The molecule has 2 aliphatic heterocycles. The van der Waals surface area contributed by atoms with Gasteiger partial charge in [-0.3, -0.25) is 4.79 Å². The molecule has 1 atom stereocenters. The van der Waals surface area contributed by atoms with Crippen molar-refractivity contribution in [1.29, 1.82) is 0 Å². The van der Waals surface area contributed by atoms with Crippen molar-refractivity contribution in [3.63, 3.8) is 0 Å². The Hall–Kier alpha value is -1.83. The number of benzene rings is 2. The van der Waals surface area contributed by atoms with Gasteiger partial charge in [-0.1, -0.05) is 45.4 Å².